The number of methoxy groups -OCH3 is 1. The van der Waals surface area contributed by atoms with Crippen molar-refractivity contribution >= 4 is 47.0 Å². The van der Waals surface area contributed by atoms with E-state index in [1.54, 1.807) is 49.5 Å². The number of allylic oxidation sites excluding steroid dienone is 9. The van der Waals surface area contributed by atoms with Gasteiger partial charge in [-0.25, -0.2) is 9.59 Å². The van der Waals surface area contributed by atoms with Crippen LogP contribution in [0.2, 0.25) is 0 Å². The Hall–Kier alpha value is -3.26. The molecule has 6 N–H and O–H groups in total. The van der Waals surface area contributed by atoms with Crippen LogP contribution in [0.25, 0.3) is 0 Å². The molecule has 0 aromatic carbocycles. The van der Waals surface area contributed by atoms with Gasteiger partial charge >= 0.3 is 18.0 Å². The Morgan fingerprint density at radius 1 is 1.04 bits per heavy atom. The number of esters is 1. The van der Waals surface area contributed by atoms with E-state index < -0.39 is 84.1 Å². The summed E-state index contributed by atoms with van der Waals surface area (Å²) in [6.07, 6.45) is 8.38. The summed E-state index contributed by atoms with van der Waals surface area (Å²) >= 11 is 12.7. The molecule has 0 spiro atoms. The van der Waals surface area contributed by atoms with Gasteiger partial charge in [-0.05, 0) is 38.3 Å². The van der Waals surface area contributed by atoms with Crippen molar-refractivity contribution in [3.05, 3.63) is 71.4 Å². The third-order valence-corrected chi connectivity index (χ3v) is 8.56. The number of halogens is 2. The standard InChI is InChI=1S/C34H47Cl2NO11/c1-5-6-14-27(48-34(37)45)30(36)25(39)19-26(40)31(42)32(46-4)21(3)23(35)13-9-7-11-20(2)12-8-10-15-29(41)47-28-18-22(33(43)44)16-17-24(28)38/h6-15,21-22,24-25,27-28,30-32,38-39,42H,5,16-19H2,1-4H3,(H2,37,45)(H,43,44)/b9-7+,12-8+,14-6+,15-10+,20-11+,23-13-/t21?,22-,24-,25?,27?,28+,30?,31?,32?/m0/s1. The highest BCUT2D eigenvalue weighted by atomic mass is 35.5. The molecule has 1 amide bonds. The van der Waals surface area contributed by atoms with E-state index in [-0.39, 0.29) is 17.9 Å². The number of nitrogens with two attached hydrogens (primary N) is 1. The molecule has 0 aromatic heterocycles. The lowest BCUT2D eigenvalue weighted by Crippen LogP contribution is -2.43. The van der Waals surface area contributed by atoms with Crippen molar-refractivity contribution in [1.29, 1.82) is 0 Å². The second kappa shape index (κ2) is 22.4. The number of carboxylic acid groups (broad SMARTS) is 1. The average Bonchev–Trinajstić information content (AvgIpc) is 3.03. The number of carbonyl (C=O) groups is 4. The molecule has 0 saturated heterocycles. The van der Waals surface area contributed by atoms with Crippen LogP contribution < -0.4 is 5.73 Å². The summed E-state index contributed by atoms with van der Waals surface area (Å²) in [6.45, 7) is 5.31. The van der Waals surface area contributed by atoms with Gasteiger partial charge in [-0.1, -0.05) is 73.6 Å². The number of aliphatic hydroxyl groups excluding tert-OH is 3. The number of alkyl halides is 1. The summed E-state index contributed by atoms with van der Waals surface area (Å²) in [5, 5.41) is 39.5. The molecule has 0 aromatic rings. The maximum Gasteiger partial charge on any atom is 0.405 e. The average molecular weight is 717 g/mol. The SMILES string of the molecule is CC/C=C/C(OC(N)=O)C(Cl)C(O)CC(=O)C(O)C(OC)C(C)/C(Cl)=C/C=C/C=C(C)/C=C/C=C/C(=O)O[C@@H]1C[C@@H](C(=O)O)CC[C@@H]1O. The lowest BCUT2D eigenvalue weighted by Gasteiger charge is -2.30. The van der Waals surface area contributed by atoms with E-state index in [1.807, 2.05) is 13.8 Å². The maximum absolute atomic E-state index is 12.8. The Morgan fingerprint density at radius 3 is 2.29 bits per heavy atom. The van der Waals surface area contributed by atoms with E-state index in [1.165, 1.54) is 25.3 Å². The van der Waals surface area contributed by atoms with Gasteiger partial charge in [0.1, 0.15) is 23.7 Å². The molecule has 0 heterocycles. The van der Waals surface area contributed by atoms with Crippen LogP contribution in [0, 0.1) is 11.8 Å². The number of rotatable bonds is 19. The molecule has 0 bridgehead atoms. The quantitative estimate of drug-likeness (QED) is 0.0421. The van der Waals surface area contributed by atoms with Crippen molar-refractivity contribution in [3.8, 4) is 0 Å². The monoisotopic (exact) mass is 715 g/mol. The largest absolute Gasteiger partial charge is 0.481 e. The van der Waals surface area contributed by atoms with E-state index in [2.05, 4.69) is 0 Å². The number of carbonyl (C=O) groups excluding carboxylic acids is 3. The summed E-state index contributed by atoms with van der Waals surface area (Å²) in [5.41, 5.74) is 5.89. The van der Waals surface area contributed by atoms with Gasteiger partial charge in [0.05, 0.1) is 24.2 Å². The summed E-state index contributed by atoms with van der Waals surface area (Å²) < 4.78 is 15.5. The molecule has 1 aliphatic carbocycles. The first-order valence-electron chi connectivity index (χ1n) is 15.5. The van der Waals surface area contributed by atoms with Crippen LogP contribution in [0.15, 0.2) is 71.4 Å². The first-order chi connectivity index (χ1) is 22.6. The minimum atomic E-state index is -1.65. The predicted molar refractivity (Wildman–Crippen MR) is 181 cm³/mol. The molecule has 0 aliphatic heterocycles. The van der Waals surface area contributed by atoms with E-state index >= 15 is 0 Å². The highest BCUT2D eigenvalue weighted by molar-refractivity contribution is 6.30. The Bertz CT molecular complexity index is 1260. The van der Waals surface area contributed by atoms with E-state index in [0.29, 0.717) is 12.8 Å². The van der Waals surface area contributed by atoms with Gasteiger partial charge in [0.15, 0.2) is 5.78 Å². The van der Waals surface area contributed by atoms with Crippen molar-refractivity contribution in [2.75, 3.05) is 7.11 Å². The minimum absolute atomic E-state index is 0.0655. The van der Waals surface area contributed by atoms with Crippen LogP contribution in [0.4, 0.5) is 4.79 Å². The fourth-order valence-electron chi connectivity index (χ4n) is 4.78. The smallest absolute Gasteiger partial charge is 0.405 e. The van der Waals surface area contributed by atoms with Crippen LogP contribution in [0.3, 0.4) is 0 Å². The van der Waals surface area contributed by atoms with Crippen LogP contribution in [0.1, 0.15) is 52.9 Å². The van der Waals surface area contributed by atoms with Gasteiger partial charge in [0.25, 0.3) is 0 Å². The zero-order valence-electron chi connectivity index (χ0n) is 27.5. The topological polar surface area (TPSA) is 203 Å². The van der Waals surface area contributed by atoms with Gasteiger partial charge in [-0.2, -0.15) is 0 Å². The van der Waals surface area contributed by atoms with Gasteiger partial charge < -0.3 is 40.4 Å². The fraction of sp³-hybridized carbons (Fsp3) is 0.529. The zero-order valence-corrected chi connectivity index (χ0v) is 29.0. The lowest BCUT2D eigenvalue weighted by atomic mass is 9.85. The van der Waals surface area contributed by atoms with Crippen molar-refractivity contribution in [2.24, 2.45) is 17.6 Å². The molecule has 268 valence electrons. The van der Waals surface area contributed by atoms with Crippen LogP contribution in [-0.2, 0) is 28.6 Å². The van der Waals surface area contributed by atoms with Gasteiger partial charge in [-0.3, -0.25) is 9.59 Å². The second-order valence-electron chi connectivity index (χ2n) is 11.3. The first-order valence-corrected chi connectivity index (χ1v) is 16.3. The molecular formula is C34H47Cl2NO11. The normalized spacial score (nSPS) is 23.2. The second-order valence-corrected chi connectivity index (χ2v) is 12.3. The molecule has 1 fully saturated rings. The first kappa shape index (κ1) is 42.8. The molecule has 14 heteroatoms. The van der Waals surface area contributed by atoms with E-state index in [0.717, 1.165) is 5.57 Å². The van der Waals surface area contributed by atoms with Gasteiger partial charge in [0, 0.05) is 37.0 Å². The molecule has 12 nitrogen and oxygen atoms in total. The summed E-state index contributed by atoms with van der Waals surface area (Å²) in [4.78, 5) is 47.3. The van der Waals surface area contributed by atoms with Crippen molar-refractivity contribution in [2.45, 2.75) is 94.9 Å². The van der Waals surface area contributed by atoms with Crippen LogP contribution >= 0.6 is 23.2 Å². The number of aliphatic carboxylic acids is 1. The third kappa shape index (κ3) is 15.3. The predicted octanol–water partition coefficient (Wildman–Crippen LogP) is 4.25. The molecule has 1 saturated carbocycles. The highest BCUT2D eigenvalue weighted by Gasteiger charge is 2.36. The number of primary amides is 1. The molecule has 6 unspecified atom stereocenters. The van der Waals surface area contributed by atoms with Crippen LogP contribution in [-0.4, -0.2) is 93.4 Å². The van der Waals surface area contributed by atoms with E-state index in [9.17, 15) is 39.6 Å². The number of Topliss-reactive ketones (excluding diaryl/α,β-unsaturated/α-hetero) is 1. The fourth-order valence-corrected chi connectivity index (χ4v) is 5.20. The van der Waals surface area contributed by atoms with Gasteiger partial charge in [0.2, 0.25) is 0 Å². The number of amides is 1. The maximum atomic E-state index is 12.8. The Labute approximate surface area is 291 Å². The number of carboxylic acids is 1. The minimum Gasteiger partial charge on any atom is -0.481 e. The molecule has 48 heavy (non-hydrogen) atoms. The molecule has 1 aliphatic rings. The van der Waals surface area contributed by atoms with Crippen LogP contribution in [0.5, 0.6) is 0 Å². The summed E-state index contributed by atoms with van der Waals surface area (Å²) in [6, 6.07) is 0. The highest BCUT2D eigenvalue weighted by Crippen LogP contribution is 2.28. The van der Waals surface area contributed by atoms with Crippen molar-refractivity contribution < 1.29 is 53.8 Å². The number of aliphatic hydroxyl groups is 3. The summed E-state index contributed by atoms with van der Waals surface area (Å²) in [7, 11) is 1.31. The number of hydrogen-bond donors (Lipinski definition) is 5. The third-order valence-electron chi connectivity index (χ3n) is 7.55. The van der Waals surface area contributed by atoms with Crippen molar-refractivity contribution in [3.63, 3.8) is 0 Å². The summed E-state index contributed by atoms with van der Waals surface area (Å²) in [5.74, 6) is -3.70. The number of hydrogen-bond acceptors (Lipinski definition) is 10. The Morgan fingerprint density at radius 2 is 1.69 bits per heavy atom. The Balaban J connectivity index is 2.72. The van der Waals surface area contributed by atoms with Gasteiger partial charge in [-0.15, -0.1) is 11.6 Å². The molecule has 1 rings (SSSR count). The lowest BCUT2D eigenvalue weighted by molar-refractivity contribution is -0.159. The van der Waals surface area contributed by atoms with Crippen molar-refractivity contribution in [1.82, 2.24) is 0 Å². The number of ether oxygens (including phenoxy) is 3. The zero-order chi connectivity index (χ0) is 36.4. The molecule has 9 atom stereocenters. The molecular weight excluding hydrogens is 669 g/mol. The van der Waals surface area contributed by atoms with E-state index in [4.69, 9.17) is 43.1 Å². The Kier molecular flexibility index (Phi) is 19.9. The molecule has 0 radical (unpaired) electrons. The number of ketones is 1.